The van der Waals surface area contributed by atoms with Crippen LogP contribution in [0.3, 0.4) is 0 Å². The number of piperazine rings is 1. The van der Waals surface area contributed by atoms with Crippen molar-refractivity contribution >= 4 is 28.4 Å². The van der Waals surface area contributed by atoms with Crippen molar-refractivity contribution in [3.05, 3.63) is 59.6 Å². The van der Waals surface area contributed by atoms with Crippen molar-refractivity contribution < 1.29 is 0 Å². The highest BCUT2D eigenvalue weighted by atomic mass is 15.2. The predicted octanol–water partition coefficient (Wildman–Crippen LogP) is 3.80. The Morgan fingerprint density at radius 2 is 2.10 bits per heavy atom. The quantitative estimate of drug-likeness (QED) is 0.601. The molecule has 3 aromatic rings. The van der Waals surface area contributed by atoms with E-state index < -0.39 is 0 Å². The van der Waals surface area contributed by atoms with Crippen LogP contribution in [-0.4, -0.2) is 47.6 Å². The van der Waals surface area contributed by atoms with Crippen LogP contribution in [-0.2, 0) is 0 Å². The van der Waals surface area contributed by atoms with Gasteiger partial charge in [-0.25, -0.2) is 0 Å². The topological polar surface area (TPSA) is 79.8 Å². The van der Waals surface area contributed by atoms with E-state index in [9.17, 15) is 5.26 Å². The lowest BCUT2D eigenvalue weighted by molar-refractivity contribution is 0.245. The molecule has 1 aromatic carbocycles. The van der Waals surface area contributed by atoms with E-state index in [2.05, 4.69) is 62.8 Å². The Morgan fingerprint density at radius 1 is 1.24 bits per heavy atom. The number of aromatic nitrogens is 2. The fraction of sp³-hybridized carbons (Fsp3) is 0.304. The third-order valence-electron chi connectivity index (χ3n) is 5.48. The van der Waals surface area contributed by atoms with Crippen molar-refractivity contribution in [3.63, 3.8) is 0 Å². The first-order valence-electron chi connectivity index (χ1n) is 10.1. The first-order valence-corrected chi connectivity index (χ1v) is 10.1. The molecule has 0 unspecified atom stereocenters. The van der Waals surface area contributed by atoms with Gasteiger partial charge in [0.05, 0.1) is 11.3 Å². The summed E-state index contributed by atoms with van der Waals surface area (Å²) in [5.41, 5.74) is 5.53. The Kier molecular flexibility index (Phi) is 5.89. The molecule has 29 heavy (non-hydrogen) atoms. The Morgan fingerprint density at radius 3 is 2.93 bits per heavy atom. The van der Waals surface area contributed by atoms with Crippen LogP contribution in [0.2, 0.25) is 0 Å². The number of benzene rings is 1. The number of hydrogen-bond acceptors (Lipinski definition) is 5. The summed E-state index contributed by atoms with van der Waals surface area (Å²) < 4.78 is 0. The van der Waals surface area contributed by atoms with E-state index in [0.29, 0.717) is 5.56 Å². The molecule has 0 atom stereocenters. The van der Waals surface area contributed by atoms with E-state index in [0.717, 1.165) is 67.2 Å². The van der Waals surface area contributed by atoms with E-state index in [-0.39, 0.29) is 0 Å². The van der Waals surface area contributed by atoms with Crippen LogP contribution in [0.5, 0.6) is 0 Å². The highest BCUT2D eigenvalue weighted by Crippen LogP contribution is 2.30. The molecule has 0 radical (unpaired) electrons. The van der Waals surface area contributed by atoms with Crippen LogP contribution in [0.15, 0.2) is 42.9 Å². The van der Waals surface area contributed by atoms with Crippen molar-refractivity contribution in [2.45, 2.75) is 13.3 Å². The summed E-state index contributed by atoms with van der Waals surface area (Å²) in [6, 6.07) is 8.45. The lowest BCUT2D eigenvalue weighted by Gasteiger charge is -2.26. The Hall–Kier alpha value is -3.14. The zero-order chi connectivity index (χ0) is 20.1. The van der Waals surface area contributed by atoms with Crippen molar-refractivity contribution in [1.82, 2.24) is 20.2 Å². The number of pyridine rings is 1. The molecular formula is C23H26N6. The summed E-state index contributed by atoms with van der Waals surface area (Å²) in [5.74, 6) is 0. The summed E-state index contributed by atoms with van der Waals surface area (Å²) >= 11 is 0. The maximum atomic E-state index is 9.60. The summed E-state index contributed by atoms with van der Waals surface area (Å²) in [5, 5.41) is 17.6. The van der Waals surface area contributed by atoms with E-state index in [1.165, 1.54) is 5.39 Å². The lowest BCUT2D eigenvalue weighted by Crippen LogP contribution is -2.43. The summed E-state index contributed by atoms with van der Waals surface area (Å²) in [7, 11) is 0. The largest absolute Gasteiger partial charge is 0.361 e. The van der Waals surface area contributed by atoms with Gasteiger partial charge < -0.3 is 20.5 Å². The second-order valence-corrected chi connectivity index (χ2v) is 7.35. The van der Waals surface area contributed by atoms with Gasteiger partial charge in [-0.3, -0.25) is 4.98 Å². The molecule has 148 valence electrons. The molecule has 0 saturated carbocycles. The number of hydrogen-bond donors (Lipinski definition) is 3. The molecular weight excluding hydrogens is 360 g/mol. The van der Waals surface area contributed by atoms with Crippen LogP contribution in [0.4, 0.5) is 11.4 Å². The molecule has 3 heterocycles. The lowest BCUT2D eigenvalue weighted by atomic mass is 10.1. The molecule has 0 spiro atoms. The SMILES string of the molecule is Cc1c(Nc2c(C#N)cncc2C=CCCN2CCNCC2)ccc2[nH]ccc12. The van der Waals surface area contributed by atoms with E-state index in [4.69, 9.17) is 0 Å². The van der Waals surface area contributed by atoms with E-state index in [1.54, 1.807) is 6.20 Å². The molecule has 1 saturated heterocycles. The molecule has 1 aliphatic heterocycles. The van der Waals surface area contributed by atoms with Gasteiger partial charge in [-0.1, -0.05) is 12.2 Å². The van der Waals surface area contributed by atoms with Gasteiger partial charge in [-0.2, -0.15) is 5.26 Å². The summed E-state index contributed by atoms with van der Waals surface area (Å²) in [6.07, 6.45) is 10.6. The standard InChI is InChI=1S/C23H26N6/c1-17-20-7-8-27-22(20)6-5-21(17)28-23-18(15-26-16-19(23)14-24)4-2-3-11-29-12-9-25-10-13-29/h2,4-8,15-16,25,27H,3,9-13H2,1H3,(H,26,28). The number of H-pyrrole nitrogens is 1. The number of anilines is 2. The summed E-state index contributed by atoms with van der Waals surface area (Å²) in [6.45, 7) is 7.48. The van der Waals surface area contributed by atoms with Gasteiger partial charge >= 0.3 is 0 Å². The van der Waals surface area contributed by atoms with Crippen LogP contribution in [0, 0.1) is 18.3 Å². The second kappa shape index (κ2) is 8.91. The third kappa shape index (κ3) is 4.32. The van der Waals surface area contributed by atoms with Crippen LogP contribution in [0.25, 0.3) is 17.0 Å². The molecule has 3 N–H and O–H groups in total. The second-order valence-electron chi connectivity index (χ2n) is 7.35. The van der Waals surface area contributed by atoms with Crippen molar-refractivity contribution in [1.29, 1.82) is 5.26 Å². The Labute approximate surface area is 171 Å². The first kappa shape index (κ1) is 19.2. The zero-order valence-corrected chi connectivity index (χ0v) is 16.7. The number of rotatable bonds is 6. The smallest absolute Gasteiger partial charge is 0.103 e. The van der Waals surface area contributed by atoms with Crippen molar-refractivity contribution in [3.8, 4) is 6.07 Å². The summed E-state index contributed by atoms with van der Waals surface area (Å²) in [4.78, 5) is 9.96. The maximum Gasteiger partial charge on any atom is 0.103 e. The minimum Gasteiger partial charge on any atom is -0.361 e. The fourth-order valence-corrected chi connectivity index (χ4v) is 3.78. The first-order chi connectivity index (χ1) is 14.3. The van der Waals surface area contributed by atoms with Crippen molar-refractivity contribution in [2.75, 3.05) is 38.0 Å². The zero-order valence-electron chi connectivity index (χ0n) is 16.7. The molecule has 4 rings (SSSR count). The minimum atomic E-state index is 0.544. The number of fused-ring (bicyclic) bond motifs is 1. The number of nitriles is 1. The highest BCUT2D eigenvalue weighted by molar-refractivity contribution is 5.89. The van der Waals surface area contributed by atoms with E-state index >= 15 is 0 Å². The van der Waals surface area contributed by atoms with Gasteiger partial charge in [0.1, 0.15) is 6.07 Å². The number of nitrogens with one attached hydrogen (secondary N) is 3. The van der Waals surface area contributed by atoms with Gasteiger partial charge in [0, 0.05) is 73.5 Å². The molecule has 1 fully saturated rings. The van der Waals surface area contributed by atoms with Gasteiger partial charge in [0.25, 0.3) is 0 Å². The highest BCUT2D eigenvalue weighted by Gasteiger charge is 2.11. The molecule has 6 heteroatoms. The van der Waals surface area contributed by atoms with Crippen LogP contribution >= 0.6 is 0 Å². The minimum absolute atomic E-state index is 0.544. The third-order valence-corrected chi connectivity index (χ3v) is 5.48. The molecule has 0 bridgehead atoms. The molecule has 2 aromatic heterocycles. The Bertz CT molecular complexity index is 1050. The van der Waals surface area contributed by atoms with Crippen LogP contribution in [0.1, 0.15) is 23.1 Å². The normalized spacial score (nSPS) is 15.0. The van der Waals surface area contributed by atoms with Crippen molar-refractivity contribution in [2.24, 2.45) is 0 Å². The average molecular weight is 387 g/mol. The fourth-order valence-electron chi connectivity index (χ4n) is 3.78. The van der Waals surface area contributed by atoms with Crippen LogP contribution < -0.4 is 10.6 Å². The number of aromatic amines is 1. The van der Waals surface area contributed by atoms with Gasteiger partial charge in [0.2, 0.25) is 0 Å². The van der Waals surface area contributed by atoms with Gasteiger partial charge in [0.15, 0.2) is 0 Å². The monoisotopic (exact) mass is 386 g/mol. The maximum absolute atomic E-state index is 9.60. The van der Waals surface area contributed by atoms with Gasteiger partial charge in [-0.05, 0) is 37.1 Å². The average Bonchev–Trinajstić information content (AvgIpc) is 3.24. The Balaban J connectivity index is 1.54. The number of nitrogens with zero attached hydrogens (tertiary/aromatic N) is 3. The van der Waals surface area contributed by atoms with Gasteiger partial charge in [-0.15, -0.1) is 0 Å². The molecule has 6 nitrogen and oxygen atoms in total. The molecule has 0 aliphatic carbocycles. The molecule has 1 aliphatic rings. The predicted molar refractivity (Wildman–Crippen MR) is 118 cm³/mol. The number of aryl methyl sites for hydroxylation is 1. The molecule has 0 amide bonds. The van der Waals surface area contributed by atoms with E-state index in [1.807, 2.05) is 18.5 Å².